The Morgan fingerprint density at radius 1 is 1.37 bits per heavy atom. The number of aromatic nitrogens is 1. The molecule has 1 aromatic carbocycles. The minimum atomic E-state index is -0.753. The zero-order valence-corrected chi connectivity index (χ0v) is 11.3. The van der Waals surface area contributed by atoms with Crippen LogP contribution in [0.25, 0.3) is 10.9 Å². The van der Waals surface area contributed by atoms with Crippen LogP contribution < -0.4 is 4.90 Å². The number of fused-ring (bicyclic) bond motifs is 1. The van der Waals surface area contributed by atoms with Crippen LogP contribution in [-0.4, -0.2) is 29.7 Å². The van der Waals surface area contributed by atoms with Gasteiger partial charge < -0.3 is 10.0 Å². The Morgan fingerprint density at radius 3 is 2.84 bits per heavy atom. The fraction of sp³-hybridized carbons (Fsp3) is 0.333. The van der Waals surface area contributed by atoms with Gasteiger partial charge >= 0.3 is 5.97 Å². The molecule has 0 unspecified atom stereocenters. The van der Waals surface area contributed by atoms with Crippen LogP contribution in [0.5, 0.6) is 0 Å². The van der Waals surface area contributed by atoms with Gasteiger partial charge in [-0.15, -0.1) is 0 Å². The Bertz CT molecular complexity index is 596. The molecule has 0 radical (unpaired) electrons. The number of anilines is 1. The molecule has 0 aliphatic rings. The van der Waals surface area contributed by atoms with Gasteiger partial charge in [0, 0.05) is 25.4 Å². The lowest BCUT2D eigenvalue weighted by Crippen LogP contribution is -2.21. The van der Waals surface area contributed by atoms with Crippen LogP contribution in [0.1, 0.15) is 18.4 Å². The molecule has 0 bridgehead atoms. The third kappa shape index (κ3) is 3.22. The summed E-state index contributed by atoms with van der Waals surface area (Å²) in [5, 5.41) is 9.79. The number of carbonyl (C=O) groups is 1. The number of rotatable bonds is 5. The van der Waals surface area contributed by atoms with Crippen LogP contribution >= 0.6 is 0 Å². The number of aryl methyl sites for hydroxylation is 1. The van der Waals surface area contributed by atoms with E-state index in [4.69, 9.17) is 5.11 Å². The van der Waals surface area contributed by atoms with E-state index in [1.54, 1.807) is 0 Å². The molecule has 100 valence electrons. The lowest BCUT2D eigenvalue weighted by atomic mass is 10.1. The fourth-order valence-electron chi connectivity index (χ4n) is 2.17. The molecule has 2 rings (SSSR count). The number of carboxylic acids is 1. The molecule has 0 aliphatic carbocycles. The maximum absolute atomic E-state index is 10.5. The molecule has 1 N–H and O–H groups in total. The maximum Gasteiger partial charge on any atom is 0.303 e. The van der Waals surface area contributed by atoms with Gasteiger partial charge in [0.1, 0.15) is 5.82 Å². The topological polar surface area (TPSA) is 53.4 Å². The van der Waals surface area contributed by atoms with Crippen molar-refractivity contribution >= 4 is 22.7 Å². The first-order chi connectivity index (χ1) is 9.08. The van der Waals surface area contributed by atoms with Gasteiger partial charge in [0.2, 0.25) is 0 Å². The van der Waals surface area contributed by atoms with Gasteiger partial charge in [0.05, 0.1) is 5.52 Å². The van der Waals surface area contributed by atoms with E-state index in [1.807, 2.05) is 43.1 Å². The van der Waals surface area contributed by atoms with Gasteiger partial charge in [-0.05, 0) is 31.0 Å². The predicted molar refractivity (Wildman–Crippen MR) is 76.6 cm³/mol. The molecule has 0 saturated heterocycles. The molecule has 0 fully saturated rings. The smallest absolute Gasteiger partial charge is 0.303 e. The number of nitrogens with zero attached hydrogens (tertiary/aromatic N) is 2. The number of para-hydroxylation sites is 1. The Labute approximate surface area is 112 Å². The zero-order chi connectivity index (χ0) is 13.8. The molecule has 1 heterocycles. The average Bonchev–Trinajstić information content (AvgIpc) is 2.37. The van der Waals surface area contributed by atoms with E-state index in [-0.39, 0.29) is 6.42 Å². The third-order valence-corrected chi connectivity index (χ3v) is 3.13. The zero-order valence-electron chi connectivity index (χ0n) is 11.3. The standard InChI is InChI=1S/C15H18N2O2/c1-11-10-12-6-3-4-7-13(12)16-15(11)17(2)9-5-8-14(18)19/h3-4,6-7,10H,5,8-9H2,1-2H3,(H,18,19). The van der Waals surface area contributed by atoms with Gasteiger partial charge in [0.15, 0.2) is 0 Å². The summed E-state index contributed by atoms with van der Waals surface area (Å²) in [5.74, 6) is 0.167. The summed E-state index contributed by atoms with van der Waals surface area (Å²) in [6.45, 7) is 2.72. The number of hydrogen-bond acceptors (Lipinski definition) is 3. The van der Waals surface area contributed by atoms with E-state index in [0.717, 1.165) is 22.3 Å². The molecule has 1 aromatic heterocycles. The Kier molecular flexibility index (Phi) is 4.00. The molecule has 4 heteroatoms. The van der Waals surface area contributed by atoms with Crippen LogP contribution in [0.4, 0.5) is 5.82 Å². The van der Waals surface area contributed by atoms with Crippen molar-refractivity contribution in [3.63, 3.8) is 0 Å². The number of benzene rings is 1. The predicted octanol–water partition coefficient (Wildman–Crippen LogP) is 2.84. The summed E-state index contributed by atoms with van der Waals surface area (Å²) in [6, 6.07) is 10.1. The SMILES string of the molecule is Cc1cc2ccccc2nc1N(C)CCCC(=O)O. The van der Waals surface area contributed by atoms with Crippen LogP contribution in [0.2, 0.25) is 0 Å². The van der Waals surface area contributed by atoms with Crippen LogP contribution in [-0.2, 0) is 4.79 Å². The van der Waals surface area contributed by atoms with Crippen molar-refractivity contribution < 1.29 is 9.90 Å². The summed E-state index contributed by atoms with van der Waals surface area (Å²) < 4.78 is 0. The van der Waals surface area contributed by atoms with E-state index in [9.17, 15) is 4.79 Å². The average molecular weight is 258 g/mol. The highest BCUT2D eigenvalue weighted by molar-refractivity contribution is 5.81. The second-order valence-electron chi connectivity index (χ2n) is 4.74. The Morgan fingerprint density at radius 2 is 2.11 bits per heavy atom. The van der Waals surface area contributed by atoms with Crippen LogP contribution in [0, 0.1) is 6.92 Å². The molecule has 0 atom stereocenters. The fourth-order valence-corrected chi connectivity index (χ4v) is 2.17. The highest BCUT2D eigenvalue weighted by Gasteiger charge is 2.08. The molecular formula is C15H18N2O2. The largest absolute Gasteiger partial charge is 0.481 e. The van der Waals surface area contributed by atoms with Gasteiger partial charge in [-0.3, -0.25) is 4.79 Å². The van der Waals surface area contributed by atoms with E-state index in [0.29, 0.717) is 13.0 Å². The van der Waals surface area contributed by atoms with E-state index >= 15 is 0 Å². The van der Waals surface area contributed by atoms with Gasteiger partial charge in [0.25, 0.3) is 0 Å². The van der Waals surface area contributed by atoms with Gasteiger partial charge in [-0.1, -0.05) is 18.2 Å². The summed E-state index contributed by atoms with van der Waals surface area (Å²) in [6.07, 6.45) is 0.816. The highest BCUT2D eigenvalue weighted by atomic mass is 16.4. The summed E-state index contributed by atoms with van der Waals surface area (Å²) >= 11 is 0. The first-order valence-corrected chi connectivity index (χ1v) is 6.37. The third-order valence-electron chi connectivity index (χ3n) is 3.13. The summed E-state index contributed by atoms with van der Waals surface area (Å²) in [4.78, 5) is 17.2. The summed E-state index contributed by atoms with van der Waals surface area (Å²) in [5.41, 5.74) is 2.07. The molecule has 0 saturated carbocycles. The van der Waals surface area contributed by atoms with Crippen molar-refractivity contribution in [3.05, 3.63) is 35.9 Å². The van der Waals surface area contributed by atoms with Gasteiger partial charge in [-0.2, -0.15) is 0 Å². The minimum absolute atomic E-state index is 0.191. The minimum Gasteiger partial charge on any atom is -0.481 e. The van der Waals surface area contributed by atoms with Crippen LogP contribution in [0.3, 0.4) is 0 Å². The molecular weight excluding hydrogens is 240 g/mol. The Balaban J connectivity index is 2.19. The van der Waals surface area contributed by atoms with Crippen molar-refractivity contribution in [1.29, 1.82) is 0 Å². The lowest BCUT2D eigenvalue weighted by Gasteiger charge is -2.20. The second kappa shape index (κ2) is 5.69. The number of hydrogen-bond donors (Lipinski definition) is 1. The quantitative estimate of drug-likeness (QED) is 0.896. The van der Waals surface area contributed by atoms with Crippen molar-refractivity contribution in [2.45, 2.75) is 19.8 Å². The monoisotopic (exact) mass is 258 g/mol. The Hall–Kier alpha value is -2.10. The first-order valence-electron chi connectivity index (χ1n) is 6.37. The van der Waals surface area contributed by atoms with Gasteiger partial charge in [-0.25, -0.2) is 4.98 Å². The molecule has 0 amide bonds. The van der Waals surface area contributed by atoms with Crippen LogP contribution in [0.15, 0.2) is 30.3 Å². The van der Waals surface area contributed by atoms with E-state index in [2.05, 4.69) is 11.1 Å². The highest BCUT2D eigenvalue weighted by Crippen LogP contribution is 2.22. The number of carboxylic acid groups (broad SMARTS) is 1. The number of pyridine rings is 1. The summed E-state index contributed by atoms with van der Waals surface area (Å²) in [7, 11) is 1.95. The van der Waals surface area contributed by atoms with Crippen molar-refractivity contribution in [1.82, 2.24) is 4.98 Å². The molecule has 19 heavy (non-hydrogen) atoms. The molecule has 0 spiro atoms. The number of aliphatic carboxylic acids is 1. The normalized spacial score (nSPS) is 10.6. The molecule has 0 aliphatic heterocycles. The molecule has 4 nitrogen and oxygen atoms in total. The van der Waals surface area contributed by atoms with E-state index in [1.165, 1.54) is 0 Å². The van der Waals surface area contributed by atoms with Crippen molar-refractivity contribution in [2.24, 2.45) is 0 Å². The molecule has 2 aromatic rings. The first kappa shape index (κ1) is 13.3. The lowest BCUT2D eigenvalue weighted by molar-refractivity contribution is -0.137. The van der Waals surface area contributed by atoms with E-state index < -0.39 is 5.97 Å². The second-order valence-corrected chi connectivity index (χ2v) is 4.74. The van der Waals surface area contributed by atoms with Crippen molar-refractivity contribution in [3.8, 4) is 0 Å². The van der Waals surface area contributed by atoms with Crippen molar-refractivity contribution in [2.75, 3.05) is 18.5 Å². The maximum atomic E-state index is 10.5.